The monoisotopic (exact) mass is 308 g/mol. The molecule has 5 heteroatoms. The fourth-order valence-corrected chi connectivity index (χ4v) is 3.00. The molecule has 1 aromatic carbocycles. The molecule has 2 aromatic rings. The van der Waals surface area contributed by atoms with Crippen molar-refractivity contribution in [3.05, 3.63) is 56.7 Å². The second-order valence-electron chi connectivity index (χ2n) is 4.78. The Balaban J connectivity index is 1.85. The van der Waals surface area contributed by atoms with Crippen molar-refractivity contribution in [2.24, 2.45) is 5.73 Å². The molecule has 3 nitrogen and oxygen atoms in total. The largest absolute Gasteiger partial charge is 0.366 e. The molecule has 1 unspecified atom stereocenters. The first-order valence-electron chi connectivity index (χ1n) is 6.39. The molecule has 0 radical (unpaired) electrons. The van der Waals surface area contributed by atoms with Crippen LogP contribution in [0, 0.1) is 0 Å². The molecule has 3 N–H and O–H groups in total. The lowest BCUT2D eigenvalue weighted by atomic mass is 10.1. The van der Waals surface area contributed by atoms with Gasteiger partial charge in [0, 0.05) is 27.9 Å². The molecule has 0 aliphatic heterocycles. The van der Waals surface area contributed by atoms with Crippen LogP contribution in [0.4, 0.5) is 0 Å². The minimum atomic E-state index is -0.375. The van der Waals surface area contributed by atoms with Gasteiger partial charge in [-0.1, -0.05) is 23.7 Å². The molecule has 0 fully saturated rings. The number of carbonyl (C=O) groups excluding carboxylic acids is 1. The molecule has 0 spiro atoms. The minimum absolute atomic E-state index is 0.326. The summed E-state index contributed by atoms with van der Waals surface area (Å²) in [6.07, 6.45) is 0.911. The maximum atomic E-state index is 11.0. The summed E-state index contributed by atoms with van der Waals surface area (Å²) in [4.78, 5) is 12.1. The van der Waals surface area contributed by atoms with E-state index in [1.165, 1.54) is 5.56 Å². The Bertz CT molecular complexity index is 597. The highest BCUT2D eigenvalue weighted by molar-refractivity contribution is 7.10. The Morgan fingerprint density at radius 3 is 2.90 bits per heavy atom. The quantitative estimate of drug-likeness (QED) is 0.861. The Hall–Kier alpha value is -1.36. The number of nitrogens with one attached hydrogen (secondary N) is 1. The minimum Gasteiger partial charge on any atom is -0.366 e. The molecular weight excluding hydrogens is 292 g/mol. The predicted molar refractivity (Wildman–Crippen MR) is 84.3 cm³/mol. The Kier molecular flexibility index (Phi) is 5.17. The van der Waals surface area contributed by atoms with E-state index >= 15 is 0 Å². The van der Waals surface area contributed by atoms with Crippen LogP contribution in [0.1, 0.15) is 27.7 Å². The maximum Gasteiger partial charge on any atom is 0.249 e. The first-order valence-corrected chi connectivity index (χ1v) is 7.65. The van der Waals surface area contributed by atoms with Gasteiger partial charge < -0.3 is 11.1 Å². The van der Waals surface area contributed by atoms with Gasteiger partial charge in [0.1, 0.15) is 0 Å². The molecule has 20 heavy (non-hydrogen) atoms. The van der Waals surface area contributed by atoms with Crippen LogP contribution in [0.15, 0.2) is 35.7 Å². The van der Waals surface area contributed by atoms with Gasteiger partial charge in [0.2, 0.25) is 5.91 Å². The molecule has 1 atom stereocenters. The van der Waals surface area contributed by atoms with Crippen LogP contribution in [0.25, 0.3) is 0 Å². The second-order valence-corrected chi connectivity index (χ2v) is 6.21. The summed E-state index contributed by atoms with van der Waals surface area (Å²) in [5.74, 6) is -0.375. The number of benzene rings is 1. The van der Waals surface area contributed by atoms with E-state index in [9.17, 15) is 4.79 Å². The summed E-state index contributed by atoms with van der Waals surface area (Å²) in [5, 5.41) is 5.99. The van der Waals surface area contributed by atoms with Crippen molar-refractivity contribution in [1.82, 2.24) is 5.32 Å². The standard InChI is InChI=1S/C15H17ClN2OS/c1-10(5-11-3-2-4-13(16)6-11)18-8-14-7-12(9-20-14)15(17)19/h2-4,6-7,9-10,18H,5,8H2,1H3,(H2,17,19). The third-order valence-corrected chi connectivity index (χ3v) is 4.17. The lowest BCUT2D eigenvalue weighted by Gasteiger charge is -2.13. The van der Waals surface area contributed by atoms with Gasteiger partial charge in [0.05, 0.1) is 5.56 Å². The maximum absolute atomic E-state index is 11.0. The number of amides is 1. The zero-order valence-electron chi connectivity index (χ0n) is 11.2. The number of carbonyl (C=O) groups is 1. The molecule has 106 valence electrons. The number of hydrogen-bond donors (Lipinski definition) is 2. The summed E-state index contributed by atoms with van der Waals surface area (Å²) in [6, 6.07) is 10.1. The number of thiophene rings is 1. The average molecular weight is 309 g/mol. The Labute approximate surface area is 127 Å². The topological polar surface area (TPSA) is 55.1 Å². The second kappa shape index (κ2) is 6.88. The number of rotatable bonds is 6. The van der Waals surface area contributed by atoms with Gasteiger partial charge in [-0.15, -0.1) is 11.3 Å². The zero-order chi connectivity index (χ0) is 14.5. The van der Waals surface area contributed by atoms with E-state index in [0.29, 0.717) is 11.6 Å². The SMILES string of the molecule is CC(Cc1cccc(Cl)c1)NCc1cc(C(N)=O)cs1. The van der Waals surface area contributed by atoms with Crippen molar-refractivity contribution in [1.29, 1.82) is 0 Å². The van der Waals surface area contributed by atoms with Crippen molar-refractivity contribution in [3.63, 3.8) is 0 Å². The molecule has 1 aromatic heterocycles. The highest BCUT2D eigenvalue weighted by atomic mass is 35.5. The van der Waals surface area contributed by atoms with Crippen LogP contribution < -0.4 is 11.1 Å². The molecule has 1 amide bonds. The third kappa shape index (κ3) is 4.34. The van der Waals surface area contributed by atoms with Gasteiger partial charge in [-0.05, 0) is 37.1 Å². The van der Waals surface area contributed by atoms with Gasteiger partial charge in [0.25, 0.3) is 0 Å². The molecule has 0 saturated heterocycles. The first kappa shape index (κ1) is 15.0. The van der Waals surface area contributed by atoms with E-state index < -0.39 is 0 Å². The number of primary amides is 1. The predicted octanol–water partition coefficient (Wildman–Crippen LogP) is 3.22. The summed E-state index contributed by atoms with van der Waals surface area (Å²) < 4.78 is 0. The van der Waals surface area contributed by atoms with E-state index in [-0.39, 0.29) is 5.91 Å². The van der Waals surface area contributed by atoms with Crippen molar-refractivity contribution in [3.8, 4) is 0 Å². The van der Waals surface area contributed by atoms with Crippen molar-refractivity contribution < 1.29 is 4.79 Å². The normalized spacial score (nSPS) is 12.3. The first-order chi connectivity index (χ1) is 9.54. The van der Waals surface area contributed by atoms with Crippen LogP contribution >= 0.6 is 22.9 Å². The van der Waals surface area contributed by atoms with Crippen molar-refractivity contribution in [2.75, 3.05) is 0 Å². The van der Waals surface area contributed by atoms with Crippen LogP contribution in [0.3, 0.4) is 0 Å². The van der Waals surface area contributed by atoms with Crippen molar-refractivity contribution >= 4 is 28.8 Å². The van der Waals surface area contributed by atoms with Crippen LogP contribution in [-0.2, 0) is 13.0 Å². The molecule has 0 aliphatic carbocycles. The molecule has 0 bridgehead atoms. The zero-order valence-corrected chi connectivity index (χ0v) is 12.8. The lowest BCUT2D eigenvalue weighted by molar-refractivity contribution is 0.100. The van der Waals surface area contributed by atoms with Crippen LogP contribution in [-0.4, -0.2) is 11.9 Å². The summed E-state index contributed by atoms with van der Waals surface area (Å²) in [6.45, 7) is 2.86. The van der Waals surface area contributed by atoms with Gasteiger partial charge in [-0.2, -0.15) is 0 Å². The molecule has 0 saturated carbocycles. The molecular formula is C15H17ClN2OS. The van der Waals surface area contributed by atoms with Gasteiger partial charge >= 0.3 is 0 Å². The van der Waals surface area contributed by atoms with Gasteiger partial charge in [0.15, 0.2) is 0 Å². The van der Waals surface area contributed by atoms with E-state index in [0.717, 1.165) is 22.9 Å². The number of halogens is 1. The van der Waals surface area contributed by atoms with E-state index in [1.54, 1.807) is 16.7 Å². The molecule has 1 heterocycles. The van der Waals surface area contributed by atoms with Gasteiger partial charge in [-0.3, -0.25) is 4.79 Å². The van der Waals surface area contributed by atoms with Crippen molar-refractivity contribution in [2.45, 2.75) is 25.9 Å². The smallest absolute Gasteiger partial charge is 0.249 e. The van der Waals surface area contributed by atoms with Crippen LogP contribution in [0.2, 0.25) is 5.02 Å². The van der Waals surface area contributed by atoms with E-state index in [1.807, 2.05) is 24.3 Å². The summed E-state index contributed by atoms with van der Waals surface area (Å²) in [7, 11) is 0. The molecule has 2 rings (SSSR count). The lowest BCUT2D eigenvalue weighted by Crippen LogP contribution is -2.27. The summed E-state index contributed by atoms with van der Waals surface area (Å²) >= 11 is 7.52. The third-order valence-electron chi connectivity index (χ3n) is 2.99. The Morgan fingerprint density at radius 1 is 1.45 bits per heavy atom. The number of nitrogens with two attached hydrogens (primary N) is 1. The fourth-order valence-electron chi connectivity index (χ4n) is 1.97. The Morgan fingerprint density at radius 2 is 2.25 bits per heavy atom. The highest BCUT2D eigenvalue weighted by Gasteiger charge is 2.07. The average Bonchev–Trinajstić information content (AvgIpc) is 2.85. The van der Waals surface area contributed by atoms with Gasteiger partial charge in [-0.25, -0.2) is 0 Å². The summed E-state index contributed by atoms with van der Waals surface area (Å²) in [5.41, 5.74) is 7.02. The van der Waals surface area contributed by atoms with Crippen LogP contribution in [0.5, 0.6) is 0 Å². The van der Waals surface area contributed by atoms with E-state index in [2.05, 4.69) is 18.3 Å². The highest BCUT2D eigenvalue weighted by Crippen LogP contribution is 2.15. The molecule has 0 aliphatic rings. The number of hydrogen-bond acceptors (Lipinski definition) is 3. The fraction of sp³-hybridized carbons (Fsp3) is 0.267. The van der Waals surface area contributed by atoms with E-state index in [4.69, 9.17) is 17.3 Å².